The fourth-order valence-electron chi connectivity index (χ4n) is 2.01. The molecule has 0 atom stereocenters. The molecule has 1 aliphatic carbocycles. The average Bonchev–Trinajstić information content (AvgIpc) is 2.34. The maximum Gasteiger partial charge on any atom is 0.314 e. The van der Waals surface area contributed by atoms with Crippen molar-refractivity contribution in [2.75, 3.05) is 0 Å². The molecule has 1 saturated carbocycles. The van der Waals surface area contributed by atoms with Crippen molar-refractivity contribution < 1.29 is 9.90 Å². The number of rotatable bonds is 2. The van der Waals surface area contributed by atoms with Gasteiger partial charge < -0.3 is 5.11 Å². The lowest BCUT2D eigenvalue weighted by Crippen LogP contribution is -2.42. The van der Waals surface area contributed by atoms with Crippen molar-refractivity contribution in [3.63, 3.8) is 0 Å². The van der Waals surface area contributed by atoms with Gasteiger partial charge >= 0.3 is 5.97 Å². The van der Waals surface area contributed by atoms with Gasteiger partial charge in [0.25, 0.3) is 0 Å². The van der Waals surface area contributed by atoms with Crippen LogP contribution in [0, 0.1) is 6.92 Å². The zero-order valence-electron chi connectivity index (χ0n) is 7.54. The minimum atomic E-state index is -0.653. The first-order valence-electron chi connectivity index (χ1n) is 4.45. The topological polar surface area (TPSA) is 37.3 Å². The van der Waals surface area contributed by atoms with Gasteiger partial charge in [-0.1, -0.05) is 6.42 Å². The number of thiophene rings is 1. The predicted octanol–water partition coefficient (Wildman–Crippen LogP) is 2.56. The molecule has 13 heavy (non-hydrogen) atoms. The zero-order valence-corrected chi connectivity index (χ0v) is 8.36. The normalized spacial score (nSPS) is 19.5. The van der Waals surface area contributed by atoms with Crippen LogP contribution in [0.2, 0.25) is 0 Å². The molecule has 1 heterocycles. The lowest BCUT2D eigenvalue weighted by Gasteiger charge is -2.37. The van der Waals surface area contributed by atoms with Crippen LogP contribution in [0.1, 0.15) is 29.7 Å². The van der Waals surface area contributed by atoms with Crippen LogP contribution in [-0.4, -0.2) is 11.1 Å². The minimum absolute atomic E-state index is 0.538. The standard InChI is InChI=1S/C10H12O2S/c1-7-8(3-6-13-7)10(9(11)12)4-2-5-10/h3,6H,2,4-5H2,1H3,(H,11,12). The Labute approximate surface area is 81.2 Å². The van der Waals surface area contributed by atoms with Crippen LogP contribution in [0.15, 0.2) is 11.4 Å². The first-order chi connectivity index (χ1) is 6.17. The Hall–Kier alpha value is -0.830. The van der Waals surface area contributed by atoms with Gasteiger partial charge in [-0.25, -0.2) is 0 Å². The van der Waals surface area contributed by atoms with Crippen molar-refractivity contribution in [2.24, 2.45) is 0 Å². The smallest absolute Gasteiger partial charge is 0.314 e. The third-order valence-corrected chi connectivity index (χ3v) is 3.84. The monoisotopic (exact) mass is 196 g/mol. The number of hydrogen-bond donors (Lipinski definition) is 1. The maximum absolute atomic E-state index is 11.2. The number of carboxylic acid groups (broad SMARTS) is 1. The first kappa shape index (κ1) is 8.75. The van der Waals surface area contributed by atoms with Gasteiger partial charge in [0.1, 0.15) is 0 Å². The van der Waals surface area contributed by atoms with Gasteiger partial charge in [0.2, 0.25) is 0 Å². The molecular formula is C10H12O2S. The van der Waals surface area contributed by atoms with Crippen LogP contribution in [0.5, 0.6) is 0 Å². The van der Waals surface area contributed by atoms with Crippen molar-refractivity contribution in [1.82, 2.24) is 0 Å². The molecule has 0 aromatic carbocycles. The zero-order chi connectivity index (χ0) is 9.47. The fraction of sp³-hybridized carbons (Fsp3) is 0.500. The Kier molecular flexibility index (Phi) is 1.91. The Bertz CT molecular complexity index is 336. The predicted molar refractivity (Wildman–Crippen MR) is 52.2 cm³/mol. The van der Waals surface area contributed by atoms with E-state index in [1.165, 1.54) is 0 Å². The summed E-state index contributed by atoms with van der Waals surface area (Å²) < 4.78 is 0. The highest BCUT2D eigenvalue weighted by atomic mass is 32.1. The van der Waals surface area contributed by atoms with E-state index in [4.69, 9.17) is 0 Å². The summed E-state index contributed by atoms with van der Waals surface area (Å²) in [6, 6.07) is 1.97. The lowest BCUT2D eigenvalue weighted by atomic mass is 9.64. The molecule has 3 heteroatoms. The van der Waals surface area contributed by atoms with Crippen LogP contribution in [0.4, 0.5) is 0 Å². The van der Waals surface area contributed by atoms with Gasteiger partial charge in [0.15, 0.2) is 0 Å². The van der Waals surface area contributed by atoms with Crippen molar-refractivity contribution in [1.29, 1.82) is 0 Å². The fourth-order valence-corrected chi connectivity index (χ4v) is 2.81. The highest BCUT2D eigenvalue weighted by Crippen LogP contribution is 2.46. The summed E-state index contributed by atoms with van der Waals surface area (Å²) >= 11 is 1.63. The van der Waals surface area contributed by atoms with Gasteiger partial charge in [0.05, 0.1) is 5.41 Å². The summed E-state index contributed by atoms with van der Waals surface area (Å²) in [5.41, 5.74) is 0.501. The van der Waals surface area contributed by atoms with Crippen LogP contribution in [0.3, 0.4) is 0 Å². The summed E-state index contributed by atoms with van der Waals surface area (Å²) in [7, 11) is 0. The molecule has 2 nitrogen and oxygen atoms in total. The molecular weight excluding hydrogens is 184 g/mol. The van der Waals surface area contributed by atoms with Crippen molar-refractivity contribution in [2.45, 2.75) is 31.6 Å². The Morgan fingerprint density at radius 1 is 1.62 bits per heavy atom. The quantitative estimate of drug-likeness (QED) is 0.789. The van der Waals surface area contributed by atoms with E-state index in [-0.39, 0.29) is 0 Å². The molecule has 0 spiro atoms. The molecule has 0 bridgehead atoms. The second-order valence-corrected chi connectivity index (χ2v) is 4.75. The number of aliphatic carboxylic acids is 1. The van der Waals surface area contributed by atoms with Gasteiger partial charge in [-0.3, -0.25) is 4.79 Å². The van der Waals surface area contributed by atoms with E-state index in [1.807, 2.05) is 18.4 Å². The van der Waals surface area contributed by atoms with E-state index in [2.05, 4.69) is 0 Å². The lowest BCUT2D eigenvalue weighted by molar-refractivity contribution is -0.147. The Morgan fingerprint density at radius 2 is 2.31 bits per heavy atom. The van der Waals surface area contributed by atoms with Crippen molar-refractivity contribution >= 4 is 17.3 Å². The molecule has 0 unspecified atom stereocenters. The van der Waals surface area contributed by atoms with Gasteiger partial charge in [-0.2, -0.15) is 0 Å². The summed E-state index contributed by atoms with van der Waals surface area (Å²) in [6.07, 6.45) is 2.65. The highest BCUT2D eigenvalue weighted by Gasteiger charge is 2.46. The molecule has 1 fully saturated rings. The van der Waals surface area contributed by atoms with Crippen LogP contribution >= 0.6 is 11.3 Å². The summed E-state index contributed by atoms with van der Waals surface area (Å²) in [5, 5.41) is 11.2. The first-order valence-corrected chi connectivity index (χ1v) is 5.33. The average molecular weight is 196 g/mol. The second kappa shape index (κ2) is 2.84. The molecule has 0 saturated heterocycles. The second-order valence-electron chi connectivity index (χ2n) is 3.63. The molecule has 70 valence electrons. The van der Waals surface area contributed by atoms with E-state index in [9.17, 15) is 9.90 Å². The molecule has 2 rings (SSSR count). The van der Waals surface area contributed by atoms with Crippen LogP contribution in [-0.2, 0) is 10.2 Å². The molecule has 1 aromatic rings. The third kappa shape index (κ3) is 1.10. The van der Waals surface area contributed by atoms with E-state index < -0.39 is 11.4 Å². The Morgan fingerprint density at radius 3 is 2.62 bits per heavy atom. The summed E-state index contributed by atoms with van der Waals surface area (Å²) in [5.74, 6) is -0.653. The minimum Gasteiger partial charge on any atom is -0.481 e. The molecule has 1 aliphatic rings. The Balaban J connectivity index is 2.43. The largest absolute Gasteiger partial charge is 0.481 e. The number of hydrogen-bond acceptors (Lipinski definition) is 2. The third-order valence-electron chi connectivity index (χ3n) is 2.99. The molecule has 1 N–H and O–H groups in total. The van der Waals surface area contributed by atoms with Crippen molar-refractivity contribution in [3.8, 4) is 0 Å². The number of aryl methyl sites for hydroxylation is 1. The van der Waals surface area contributed by atoms with Crippen LogP contribution in [0.25, 0.3) is 0 Å². The molecule has 0 radical (unpaired) electrons. The van der Waals surface area contributed by atoms with E-state index >= 15 is 0 Å². The summed E-state index contributed by atoms with van der Waals surface area (Å²) in [4.78, 5) is 12.3. The van der Waals surface area contributed by atoms with Crippen molar-refractivity contribution in [3.05, 3.63) is 21.9 Å². The van der Waals surface area contributed by atoms with E-state index in [0.717, 1.165) is 29.7 Å². The number of carboxylic acids is 1. The molecule has 1 aromatic heterocycles. The van der Waals surface area contributed by atoms with Gasteiger partial charge in [-0.05, 0) is 36.8 Å². The van der Waals surface area contributed by atoms with E-state index in [0.29, 0.717) is 0 Å². The SMILES string of the molecule is Cc1sccc1C1(C(=O)O)CCC1. The molecule has 0 amide bonds. The van der Waals surface area contributed by atoms with Crippen LogP contribution < -0.4 is 0 Å². The van der Waals surface area contributed by atoms with E-state index in [1.54, 1.807) is 11.3 Å². The maximum atomic E-state index is 11.2. The highest BCUT2D eigenvalue weighted by molar-refractivity contribution is 7.10. The number of carbonyl (C=O) groups is 1. The molecule has 0 aliphatic heterocycles. The van der Waals surface area contributed by atoms with Gasteiger partial charge in [0, 0.05) is 4.88 Å². The summed E-state index contributed by atoms with van der Waals surface area (Å²) in [6.45, 7) is 2.00. The van der Waals surface area contributed by atoms with Gasteiger partial charge in [-0.15, -0.1) is 11.3 Å².